The van der Waals surface area contributed by atoms with Crippen LogP contribution >= 0.6 is 0 Å². The Hall–Kier alpha value is -0.610. The third kappa shape index (κ3) is 3.19. The number of carbonyl (C=O) groups excluding carboxylic acids is 1. The summed E-state index contributed by atoms with van der Waals surface area (Å²) in [7, 11) is 0. The first-order chi connectivity index (χ1) is 7.88. The van der Waals surface area contributed by atoms with Gasteiger partial charge in [0.05, 0.1) is 6.04 Å². The zero-order valence-electron chi connectivity index (χ0n) is 10.0. The van der Waals surface area contributed by atoms with Crippen molar-refractivity contribution in [2.24, 2.45) is 0 Å². The lowest BCUT2D eigenvalue weighted by molar-refractivity contribution is -0.133. The zero-order valence-corrected chi connectivity index (χ0v) is 10.0. The van der Waals surface area contributed by atoms with E-state index in [1.54, 1.807) is 0 Å². The first-order valence-electron chi connectivity index (χ1n) is 6.61. The quantitative estimate of drug-likeness (QED) is 0.676. The normalized spacial score (nSPS) is 28.2. The first kappa shape index (κ1) is 11.9. The Bertz CT molecular complexity index is 194. The average molecular weight is 225 g/mol. The summed E-state index contributed by atoms with van der Waals surface area (Å²) in [4.78, 5) is 14.3. The molecule has 16 heavy (non-hydrogen) atoms. The number of hydrogen-bond donors (Lipinski definition) is 2. The molecule has 0 radical (unpaired) electrons. The van der Waals surface area contributed by atoms with Gasteiger partial charge in [-0.3, -0.25) is 4.79 Å². The number of hydrogen-bond acceptors (Lipinski definition) is 3. The van der Waals surface area contributed by atoms with Crippen molar-refractivity contribution in [3.63, 3.8) is 0 Å². The zero-order chi connectivity index (χ0) is 11.2. The molecule has 2 rings (SSSR count). The second kappa shape index (κ2) is 6.21. The molecule has 0 aliphatic carbocycles. The van der Waals surface area contributed by atoms with Crippen LogP contribution < -0.4 is 10.6 Å². The first-order valence-corrected chi connectivity index (χ1v) is 6.61. The van der Waals surface area contributed by atoms with E-state index in [0.717, 1.165) is 45.6 Å². The van der Waals surface area contributed by atoms with E-state index in [4.69, 9.17) is 0 Å². The maximum absolute atomic E-state index is 12.3. The highest BCUT2D eigenvalue weighted by Crippen LogP contribution is 2.11. The van der Waals surface area contributed by atoms with Crippen molar-refractivity contribution in [3.05, 3.63) is 0 Å². The molecule has 0 aromatic heterocycles. The monoisotopic (exact) mass is 225 g/mol. The minimum atomic E-state index is 0.0839. The van der Waals surface area contributed by atoms with E-state index in [-0.39, 0.29) is 6.04 Å². The van der Waals surface area contributed by atoms with Crippen LogP contribution in [0.3, 0.4) is 0 Å². The van der Waals surface area contributed by atoms with Crippen molar-refractivity contribution in [3.8, 4) is 0 Å². The molecule has 1 unspecified atom stereocenters. The Morgan fingerprint density at radius 1 is 1.00 bits per heavy atom. The molecule has 0 bridgehead atoms. The fourth-order valence-electron chi connectivity index (χ4n) is 2.53. The largest absolute Gasteiger partial charge is 0.340 e. The van der Waals surface area contributed by atoms with Gasteiger partial charge in [-0.05, 0) is 32.4 Å². The van der Waals surface area contributed by atoms with Gasteiger partial charge in [0.25, 0.3) is 0 Å². The van der Waals surface area contributed by atoms with Crippen LogP contribution in [0, 0.1) is 0 Å². The lowest BCUT2D eigenvalue weighted by atomic mass is 10.1. The molecule has 1 amide bonds. The van der Waals surface area contributed by atoms with Gasteiger partial charge in [0.15, 0.2) is 0 Å². The highest BCUT2D eigenvalue weighted by Gasteiger charge is 2.24. The maximum atomic E-state index is 12.3. The van der Waals surface area contributed by atoms with E-state index in [2.05, 4.69) is 10.6 Å². The molecule has 0 aromatic carbocycles. The third-order valence-electron chi connectivity index (χ3n) is 3.51. The van der Waals surface area contributed by atoms with Crippen molar-refractivity contribution >= 4 is 5.91 Å². The predicted octanol–water partition coefficient (Wildman–Crippen LogP) is 0.341. The van der Waals surface area contributed by atoms with Gasteiger partial charge in [0.1, 0.15) is 0 Å². The van der Waals surface area contributed by atoms with Crippen LogP contribution in [0.25, 0.3) is 0 Å². The van der Waals surface area contributed by atoms with Gasteiger partial charge in [-0.2, -0.15) is 0 Å². The summed E-state index contributed by atoms with van der Waals surface area (Å²) in [6.07, 6.45) is 5.76. The summed E-state index contributed by atoms with van der Waals surface area (Å²) in [6, 6.07) is 0.0839. The molecule has 92 valence electrons. The minimum absolute atomic E-state index is 0.0839. The molecule has 4 heteroatoms. The Labute approximate surface area is 97.8 Å². The second-order valence-electron chi connectivity index (χ2n) is 4.78. The summed E-state index contributed by atoms with van der Waals surface area (Å²) in [5.41, 5.74) is 0. The maximum Gasteiger partial charge on any atom is 0.239 e. The molecule has 2 N–H and O–H groups in total. The molecule has 2 fully saturated rings. The molecule has 1 atom stereocenters. The standard InChI is InChI=1S/C12H23N3O/c16-12(11-5-2-1-3-7-14-11)15-9-4-6-13-8-10-15/h11,13-14H,1-10H2. The summed E-state index contributed by atoms with van der Waals surface area (Å²) in [5, 5.41) is 6.72. The molecule has 2 saturated heterocycles. The summed E-state index contributed by atoms with van der Waals surface area (Å²) >= 11 is 0. The number of amides is 1. The van der Waals surface area contributed by atoms with Crippen molar-refractivity contribution < 1.29 is 4.79 Å². The average Bonchev–Trinajstić information content (AvgIpc) is 2.73. The minimum Gasteiger partial charge on any atom is -0.340 e. The van der Waals surface area contributed by atoms with Gasteiger partial charge in [-0.15, -0.1) is 0 Å². The number of nitrogens with one attached hydrogen (secondary N) is 2. The van der Waals surface area contributed by atoms with Gasteiger partial charge in [-0.25, -0.2) is 0 Å². The van der Waals surface area contributed by atoms with Crippen molar-refractivity contribution in [1.82, 2.24) is 15.5 Å². The molecular formula is C12H23N3O. The van der Waals surface area contributed by atoms with Crippen LogP contribution in [0.5, 0.6) is 0 Å². The molecule has 4 nitrogen and oxygen atoms in total. The Morgan fingerprint density at radius 3 is 2.88 bits per heavy atom. The molecule has 2 heterocycles. The highest BCUT2D eigenvalue weighted by molar-refractivity contribution is 5.82. The summed E-state index contributed by atoms with van der Waals surface area (Å²) in [5.74, 6) is 0.325. The van der Waals surface area contributed by atoms with Gasteiger partial charge >= 0.3 is 0 Å². The van der Waals surface area contributed by atoms with E-state index in [9.17, 15) is 4.79 Å². The van der Waals surface area contributed by atoms with Gasteiger partial charge in [-0.1, -0.05) is 12.8 Å². The Morgan fingerprint density at radius 2 is 1.94 bits per heavy atom. The van der Waals surface area contributed by atoms with Crippen LogP contribution in [0.2, 0.25) is 0 Å². The van der Waals surface area contributed by atoms with Crippen LogP contribution in [0.1, 0.15) is 32.1 Å². The molecular weight excluding hydrogens is 202 g/mol. The van der Waals surface area contributed by atoms with Gasteiger partial charge < -0.3 is 15.5 Å². The predicted molar refractivity (Wildman–Crippen MR) is 64.3 cm³/mol. The van der Waals surface area contributed by atoms with Crippen LogP contribution in [0.4, 0.5) is 0 Å². The topological polar surface area (TPSA) is 44.4 Å². The number of nitrogens with zero attached hydrogens (tertiary/aromatic N) is 1. The summed E-state index contributed by atoms with van der Waals surface area (Å²) in [6.45, 7) is 4.78. The van der Waals surface area contributed by atoms with E-state index in [1.807, 2.05) is 4.90 Å². The third-order valence-corrected chi connectivity index (χ3v) is 3.51. The van der Waals surface area contributed by atoms with E-state index in [0.29, 0.717) is 5.91 Å². The van der Waals surface area contributed by atoms with Gasteiger partial charge in [0, 0.05) is 19.6 Å². The fraction of sp³-hybridized carbons (Fsp3) is 0.917. The summed E-state index contributed by atoms with van der Waals surface area (Å²) < 4.78 is 0. The van der Waals surface area contributed by atoms with Crippen molar-refractivity contribution in [1.29, 1.82) is 0 Å². The number of rotatable bonds is 1. The van der Waals surface area contributed by atoms with Crippen molar-refractivity contribution in [2.45, 2.75) is 38.1 Å². The molecule has 2 aliphatic rings. The van der Waals surface area contributed by atoms with Crippen LogP contribution in [-0.2, 0) is 4.79 Å². The second-order valence-corrected chi connectivity index (χ2v) is 4.78. The lowest BCUT2D eigenvalue weighted by Gasteiger charge is -2.25. The Balaban J connectivity index is 1.88. The van der Waals surface area contributed by atoms with E-state index >= 15 is 0 Å². The number of carbonyl (C=O) groups is 1. The molecule has 0 saturated carbocycles. The molecule has 0 aromatic rings. The van der Waals surface area contributed by atoms with Crippen molar-refractivity contribution in [2.75, 3.05) is 32.7 Å². The van der Waals surface area contributed by atoms with E-state index in [1.165, 1.54) is 19.3 Å². The lowest BCUT2D eigenvalue weighted by Crippen LogP contribution is -2.47. The van der Waals surface area contributed by atoms with E-state index < -0.39 is 0 Å². The smallest absolute Gasteiger partial charge is 0.239 e. The molecule has 2 aliphatic heterocycles. The SMILES string of the molecule is O=C(C1CCCCCN1)N1CCCNCC1. The van der Waals surface area contributed by atoms with Crippen LogP contribution in [-0.4, -0.2) is 49.6 Å². The fourth-order valence-corrected chi connectivity index (χ4v) is 2.53. The molecule has 0 spiro atoms. The van der Waals surface area contributed by atoms with Gasteiger partial charge in [0.2, 0.25) is 5.91 Å². The highest BCUT2D eigenvalue weighted by atomic mass is 16.2. The van der Waals surface area contributed by atoms with Crippen LogP contribution in [0.15, 0.2) is 0 Å². The Kier molecular flexibility index (Phi) is 4.60.